The van der Waals surface area contributed by atoms with Gasteiger partial charge in [0.1, 0.15) is 0 Å². The first-order chi connectivity index (χ1) is 9.81. The Kier molecular flexibility index (Phi) is 6.73. The van der Waals surface area contributed by atoms with E-state index in [4.69, 9.17) is 0 Å². The van der Waals surface area contributed by atoms with Crippen LogP contribution in [0.4, 0.5) is 5.69 Å². The highest BCUT2D eigenvalue weighted by Gasteiger charge is 2.16. The number of hydrogen-bond donors (Lipinski definition) is 1. The molecule has 0 bridgehead atoms. The molecule has 0 unspecified atom stereocenters. The zero-order chi connectivity index (χ0) is 16.0. The van der Waals surface area contributed by atoms with Gasteiger partial charge in [-0.05, 0) is 49.3 Å². The fourth-order valence-electron chi connectivity index (χ4n) is 2.26. The van der Waals surface area contributed by atoms with E-state index in [9.17, 15) is 9.90 Å². The van der Waals surface area contributed by atoms with Crippen LogP contribution in [0.3, 0.4) is 0 Å². The monoisotopic (exact) mass is 291 g/mol. The maximum absolute atomic E-state index is 11.5. The standard InChI is InChI=1S/C18H29NO2/c1-13(2)8-10-19(11-9-14(3)4)17-12-15(5)6-7-16(17)18(20)21/h6-7,12-14H,8-11H2,1-5H3,(H,20,21). The molecule has 0 atom stereocenters. The molecule has 21 heavy (non-hydrogen) atoms. The number of carbonyl (C=O) groups is 1. The van der Waals surface area contributed by atoms with Gasteiger partial charge in [0.25, 0.3) is 0 Å². The number of aryl methyl sites for hydroxylation is 1. The van der Waals surface area contributed by atoms with E-state index in [1.807, 2.05) is 19.1 Å². The lowest BCUT2D eigenvalue weighted by Crippen LogP contribution is -2.29. The minimum atomic E-state index is -0.843. The molecule has 0 amide bonds. The van der Waals surface area contributed by atoms with Crippen molar-refractivity contribution in [1.82, 2.24) is 0 Å². The molecule has 0 aliphatic carbocycles. The van der Waals surface area contributed by atoms with E-state index in [0.717, 1.165) is 37.2 Å². The summed E-state index contributed by atoms with van der Waals surface area (Å²) in [6.45, 7) is 12.6. The summed E-state index contributed by atoms with van der Waals surface area (Å²) in [7, 11) is 0. The molecule has 0 radical (unpaired) electrons. The van der Waals surface area contributed by atoms with Gasteiger partial charge in [0.2, 0.25) is 0 Å². The Morgan fingerprint density at radius 2 is 1.62 bits per heavy atom. The summed E-state index contributed by atoms with van der Waals surface area (Å²) in [5, 5.41) is 9.43. The van der Waals surface area contributed by atoms with Crippen molar-refractivity contribution in [1.29, 1.82) is 0 Å². The van der Waals surface area contributed by atoms with Crippen molar-refractivity contribution < 1.29 is 9.90 Å². The Morgan fingerprint density at radius 1 is 1.10 bits per heavy atom. The molecule has 0 saturated heterocycles. The molecule has 1 aromatic carbocycles. The second-order valence-corrected chi connectivity index (χ2v) is 6.68. The number of carboxylic acids is 1. The predicted molar refractivity (Wildman–Crippen MR) is 89.3 cm³/mol. The minimum Gasteiger partial charge on any atom is -0.478 e. The van der Waals surface area contributed by atoms with Crippen LogP contribution in [0.5, 0.6) is 0 Å². The van der Waals surface area contributed by atoms with E-state index < -0.39 is 5.97 Å². The summed E-state index contributed by atoms with van der Waals surface area (Å²) in [5.41, 5.74) is 2.38. The van der Waals surface area contributed by atoms with E-state index in [0.29, 0.717) is 17.4 Å². The Labute approximate surface area is 129 Å². The highest BCUT2D eigenvalue weighted by molar-refractivity contribution is 5.94. The summed E-state index contributed by atoms with van der Waals surface area (Å²) in [5.74, 6) is 0.387. The zero-order valence-electron chi connectivity index (χ0n) is 14.0. The summed E-state index contributed by atoms with van der Waals surface area (Å²) >= 11 is 0. The molecule has 0 fully saturated rings. The quantitative estimate of drug-likeness (QED) is 0.761. The molecular weight excluding hydrogens is 262 g/mol. The van der Waals surface area contributed by atoms with Gasteiger partial charge in [0.05, 0.1) is 11.3 Å². The third kappa shape index (κ3) is 5.78. The van der Waals surface area contributed by atoms with Crippen LogP contribution in [0.25, 0.3) is 0 Å². The summed E-state index contributed by atoms with van der Waals surface area (Å²) < 4.78 is 0. The van der Waals surface area contributed by atoms with Crippen molar-refractivity contribution in [3.63, 3.8) is 0 Å². The maximum Gasteiger partial charge on any atom is 0.337 e. The van der Waals surface area contributed by atoms with Crippen molar-refractivity contribution >= 4 is 11.7 Å². The summed E-state index contributed by atoms with van der Waals surface area (Å²) in [6, 6.07) is 5.60. The SMILES string of the molecule is Cc1ccc(C(=O)O)c(N(CCC(C)C)CCC(C)C)c1. The van der Waals surface area contributed by atoms with E-state index >= 15 is 0 Å². The normalized spacial score (nSPS) is 11.2. The Hall–Kier alpha value is -1.51. The van der Waals surface area contributed by atoms with Gasteiger partial charge in [-0.1, -0.05) is 33.8 Å². The lowest BCUT2D eigenvalue weighted by molar-refractivity contribution is 0.0697. The summed E-state index contributed by atoms with van der Waals surface area (Å²) in [6.07, 6.45) is 2.15. The highest BCUT2D eigenvalue weighted by atomic mass is 16.4. The lowest BCUT2D eigenvalue weighted by atomic mass is 10.0. The average molecular weight is 291 g/mol. The average Bonchev–Trinajstić information content (AvgIpc) is 2.37. The highest BCUT2D eigenvalue weighted by Crippen LogP contribution is 2.24. The van der Waals surface area contributed by atoms with Crippen LogP contribution in [-0.4, -0.2) is 24.2 Å². The molecular formula is C18H29NO2. The van der Waals surface area contributed by atoms with Gasteiger partial charge in [-0.2, -0.15) is 0 Å². The van der Waals surface area contributed by atoms with Gasteiger partial charge in [-0.15, -0.1) is 0 Å². The van der Waals surface area contributed by atoms with Crippen LogP contribution in [0.1, 0.15) is 56.5 Å². The number of nitrogens with zero attached hydrogens (tertiary/aromatic N) is 1. The second-order valence-electron chi connectivity index (χ2n) is 6.68. The molecule has 3 heteroatoms. The molecule has 0 saturated carbocycles. The van der Waals surface area contributed by atoms with Crippen molar-refractivity contribution in [2.45, 2.75) is 47.5 Å². The molecule has 3 nitrogen and oxygen atoms in total. The van der Waals surface area contributed by atoms with Crippen molar-refractivity contribution in [3.8, 4) is 0 Å². The topological polar surface area (TPSA) is 40.5 Å². The number of hydrogen-bond acceptors (Lipinski definition) is 2. The van der Waals surface area contributed by atoms with Crippen LogP contribution in [0.15, 0.2) is 18.2 Å². The first kappa shape index (κ1) is 17.5. The lowest BCUT2D eigenvalue weighted by Gasteiger charge is -2.28. The fraction of sp³-hybridized carbons (Fsp3) is 0.611. The molecule has 1 aromatic rings. The first-order valence-electron chi connectivity index (χ1n) is 7.90. The van der Waals surface area contributed by atoms with E-state index in [1.165, 1.54) is 0 Å². The predicted octanol–water partition coefficient (Wildman–Crippen LogP) is 4.59. The number of anilines is 1. The molecule has 0 aliphatic heterocycles. The zero-order valence-corrected chi connectivity index (χ0v) is 14.0. The number of aromatic carboxylic acids is 1. The molecule has 118 valence electrons. The Bertz CT molecular complexity index is 454. The van der Waals surface area contributed by atoms with E-state index in [1.54, 1.807) is 6.07 Å². The summed E-state index contributed by atoms with van der Waals surface area (Å²) in [4.78, 5) is 13.7. The Balaban J connectivity index is 3.04. The molecule has 1 rings (SSSR count). The van der Waals surface area contributed by atoms with Gasteiger partial charge >= 0.3 is 5.97 Å². The van der Waals surface area contributed by atoms with E-state index in [2.05, 4.69) is 32.6 Å². The third-order valence-electron chi connectivity index (χ3n) is 3.68. The molecule has 0 spiro atoms. The number of benzene rings is 1. The number of carboxylic acid groups (broad SMARTS) is 1. The Morgan fingerprint density at radius 3 is 2.05 bits per heavy atom. The van der Waals surface area contributed by atoms with E-state index in [-0.39, 0.29) is 0 Å². The van der Waals surface area contributed by atoms with Crippen LogP contribution in [-0.2, 0) is 0 Å². The largest absolute Gasteiger partial charge is 0.478 e. The fourth-order valence-corrected chi connectivity index (χ4v) is 2.26. The van der Waals surface area contributed by atoms with Crippen molar-refractivity contribution in [3.05, 3.63) is 29.3 Å². The molecule has 0 aliphatic rings. The smallest absolute Gasteiger partial charge is 0.337 e. The van der Waals surface area contributed by atoms with Crippen LogP contribution >= 0.6 is 0 Å². The number of rotatable bonds is 8. The molecule has 0 aromatic heterocycles. The second kappa shape index (κ2) is 8.06. The van der Waals surface area contributed by atoms with Gasteiger partial charge in [-0.25, -0.2) is 4.79 Å². The first-order valence-corrected chi connectivity index (χ1v) is 7.90. The van der Waals surface area contributed by atoms with Crippen molar-refractivity contribution in [2.75, 3.05) is 18.0 Å². The molecule has 1 N–H and O–H groups in total. The van der Waals surface area contributed by atoms with Gasteiger partial charge in [-0.3, -0.25) is 0 Å². The van der Waals surface area contributed by atoms with Crippen molar-refractivity contribution in [2.24, 2.45) is 11.8 Å². The van der Waals surface area contributed by atoms with Crippen LogP contribution in [0.2, 0.25) is 0 Å². The third-order valence-corrected chi connectivity index (χ3v) is 3.68. The van der Waals surface area contributed by atoms with Crippen LogP contribution < -0.4 is 4.90 Å². The van der Waals surface area contributed by atoms with Gasteiger partial charge < -0.3 is 10.0 Å². The van der Waals surface area contributed by atoms with Gasteiger partial charge in [0, 0.05) is 13.1 Å². The molecule has 0 heterocycles. The minimum absolute atomic E-state index is 0.410. The van der Waals surface area contributed by atoms with Gasteiger partial charge in [0.15, 0.2) is 0 Å². The van der Waals surface area contributed by atoms with Crippen LogP contribution in [0, 0.1) is 18.8 Å². The maximum atomic E-state index is 11.5.